The summed E-state index contributed by atoms with van der Waals surface area (Å²) in [7, 11) is 0. The first-order valence-corrected chi connectivity index (χ1v) is 9.73. The minimum Gasteiger partial charge on any atom is -0.459 e. The van der Waals surface area contributed by atoms with Crippen molar-refractivity contribution < 1.29 is 27.1 Å². The average Bonchev–Trinajstić information content (AvgIpc) is 2.65. The highest BCUT2D eigenvalue weighted by Gasteiger charge is 2.32. The van der Waals surface area contributed by atoms with Crippen LogP contribution in [0.5, 0.6) is 0 Å². The Bertz CT molecular complexity index is 897. The molecule has 1 aromatic carbocycles. The lowest BCUT2D eigenvalue weighted by Gasteiger charge is -2.19. The van der Waals surface area contributed by atoms with Gasteiger partial charge in [0.2, 0.25) is 0 Å². The fourth-order valence-corrected chi connectivity index (χ4v) is 2.54. The van der Waals surface area contributed by atoms with Gasteiger partial charge in [-0.25, -0.2) is 14.2 Å². The molecule has 1 aromatic rings. The Labute approximate surface area is 180 Å². The second-order valence-electron chi connectivity index (χ2n) is 7.40. The predicted octanol–water partition coefficient (Wildman–Crippen LogP) is 6.45. The third-order valence-corrected chi connectivity index (χ3v) is 4.16. The molecule has 0 N–H and O–H groups in total. The maximum absolute atomic E-state index is 13.9. The Morgan fingerprint density at radius 1 is 1.19 bits per heavy atom. The van der Waals surface area contributed by atoms with Gasteiger partial charge in [0.25, 0.3) is 0 Å². The SMILES string of the molecule is C=CN(/C=C(C(=O)OC(C)C)\C(C)=C\C)/N=C(/c1cc(F)cc(C(F)(F)F)c1)C(C)C. The molecule has 0 aromatic heterocycles. The summed E-state index contributed by atoms with van der Waals surface area (Å²) in [6.07, 6.45) is -0.671. The Balaban J connectivity index is 3.57. The highest BCUT2D eigenvalue weighted by Crippen LogP contribution is 2.31. The van der Waals surface area contributed by atoms with Gasteiger partial charge in [0.15, 0.2) is 0 Å². The second-order valence-corrected chi connectivity index (χ2v) is 7.40. The number of nitrogens with zero attached hydrogens (tertiary/aromatic N) is 2. The van der Waals surface area contributed by atoms with Crippen molar-refractivity contribution in [2.75, 3.05) is 0 Å². The minimum absolute atomic E-state index is 0.0170. The van der Waals surface area contributed by atoms with Crippen LogP contribution >= 0.6 is 0 Å². The van der Waals surface area contributed by atoms with Crippen molar-refractivity contribution in [1.82, 2.24) is 5.01 Å². The first-order valence-electron chi connectivity index (χ1n) is 9.73. The molecule has 4 nitrogen and oxygen atoms in total. The largest absolute Gasteiger partial charge is 0.459 e. The molecule has 0 unspecified atom stereocenters. The molecule has 0 bridgehead atoms. The highest BCUT2D eigenvalue weighted by atomic mass is 19.4. The van der Waals surface area contributed by atoms with E-state index in [1.165, 1.54) is 17.4 Å². The molecule has 0 heterocycles. The van der Waals surface area contributed by atoms with Gasteiger partial charge in [-0.2, -0.15) is 18.3 Å². The molecular formula is C23H28F4N2O2. The smallest absolute Gasteiger partial charge is 0.416 e. The third-order valence-electron chi connectivity index (χ3n) is 4.16. The number of halogens is 4. The molecule has 0 aliphatic heterocycles. The van der Waals surface area contributed by atoms with Crippen molar-refractivity contribution in [2.45, 2.75) is 53.8 Å². The van der Waals surface area contributed by atoms with Crippen LogP contribution in [-0.2, 0) is 15.7 Å². The van der Waals surface area contributed by atoms with Gasteiger partial charge >= 0.3 is 12.1 Å². The molecule has 0 fully saturated rings. The summed E-state index contributed by atoms with van der Waals surface area (Å²) >= 11 is 0. The highest BCUT2D eigenvalue weighted by molar-refractivity contribution is 6.02. The fraction of sp³-hybridized carbons (Fsp3) is 0.391. The standard InChI is InChI=1S/C23H28F4N2O2/c1-8-16(7)20(22(30)31-15(5)6)13-29(9-2)28-21(14(3)4)17-10-18(23(25,26)27)12-19(24)11-17/h8-15H,2H2,1,3-7H3/b16-8+,20-13+,28-21+. The molecule has 0 aliphatic rings. The van der Waals surface area contributed by atoms with Gasteiger partial charge in [0, 0.05) is 18.0 Å². The lowest BCUT2D eigenvalue weighted by molar-refractivity contribution is -0.142. The zero-order chi connectivity index (χ0) is 23.9. The molecular weight excluding hydrogens is 412 g/mol. The van der Waals surface area contributed by atoms with Crippen LogP contribution in [0.3, 0.4) is 0 Å². The molecule has 1 rings (SSSR count). The zero-order valence-corrected chi connectivity index (χ0v) is 18.5. The van der Waals surface area contributed by atoms with Gasteiger partial charge in [-0.05, 0) is 57.4 Å². The molecule has 0 saturated heterocycles. The number of hydrogen-bond donors (Lipinski definition) is 0. The summed E-state index contributed by atoms with van der Waals surface area (Å²) in [4.78, 5) is 12.5. The van der Waals surface area contributed by atoms with Gasteiger partial charge in [-0.3, -0.25) is 0 Å². The van der Waals surface area contributed by atoms with Crippen molar-refractivity contribution in [3.05, 3.63) is 71.3 Å². The van der Waals surface area contributed by atoms with E-state index in [1.54, 1.807) is 47.6 Å². The second kappa shape index (κ2) is 10.9. The number of carbonyl (C=O) groups excluding carboxylic acids is 1. The molecule has 0 spiro atoms. The topological polar surface area (TPSA) is 41.9 Å². The van der Waals surface area contributed by atoms with Crippen molar-refractivity contribution in [1.29, 1.82) is 0 Å². The van der Waals surface area contributed by atoms with E-state index in [4.69, 9.17) is 4.74 Å². The lowest BCUT2D eigenvalue weighted by atomic mass is 9.98. The summed E-state index contributed by atoms with van der Waals surface area (Å²) in [5, 5.41) is 5.54. The molecule has 0 radical (unpaired) electrons. The van der Waals surface area contributed by atoms with Gasteiger partial charge in [-0.15, -0.1) is 0 Å². The van der Waals surface area contributed by atoms with E-state index in [2.05, 4.69) is 11.7 Å². The third kappa shape index (κ3) is 7.70. The number of esters is 1. The summed E-state index contributed by atoms with van der Waals surface area (Å²) in [6, 6.07) is 2.27. The van der Waals surface area contributed by atoms with Crippen LogP contribution in [0.2, 0.25) is 0 Å². The maximum atomic E-state index is 13.9. The van der Waals surface area contributed by atoms with Crippen LogP contribution in [0.25, 0.3) is 0 Å². The van der Waals surface area contributed by atoms with E-state index in [0.717, 1.165) is 12.1 Å². The summed E-state index contributed by atoms with van der Waals surface area (Å²) in [6.45, 7) is 14.0. The number of hydrazone groups is 1. The Morgan fingerprint density at radius 3 is 2.26 bits per heavy atom. The van der Waals surface area contributed by atoms with E-state index in [-0.39, 0.29) is 28.9 Å². The monoisotopic (exact) mass is 440 g/mol. The van der Waals surface area contributed by atoms with Crippen LogP contribution in [0, 0.1) is 11.7 Å². The zero-order valence-electron chi connectivity index (χ0n) is 18.5. The Hall–Kier alpha value is -2.90. The van der Waals surface area contributed by atoms with Crippen LogP contribution in [0.15, 0.2) is 59.5 Å². The predicted molar refractivity (Wildman–Crippen MR) is 114 cm³/mol. The average molecular weight is 440 g/mol. The van der Waals surface area contributed by atoms with Crippen LogP contribution < -0.4 is 0 Å². The van der Waals surface area contributed by atoms with E-state index < -0.39 is 23.5 Å². The first kappa shape index (κ1) is 26.1. The quantitative estimate of drug-likeness (QED) is 0.116. The molecule has 170 valence electrons. The summed E-state index contributed by atoms with van der Waals surface area (Å²) in [5.41, 5.74) is -0.114. The van der Waals surface area contributed by atoms with Crippen molar-refractivity contribution in [3.63, 3.8) is 0 Å². The van der Waals surface area contributed by atoms with Crippen molar-refractivity contribution in [3.8, 4) is 0 Å². The maximum Gasteiger partial charge on any atom is 0.416 e. The van der Waals surface area contributed by atoms with Crippen LogP contribution in [-0.4, -0.2) is 22.8 Å². The van der Waals surface area contributed by atoms with E-state index in [1.807, 2.05) is 0 Å². The normalized spacial score (nSPS) is 13.6. The number of carbonyl (C=O) groups is 1. The number of rotatable bonds is 8. The van der Waals surface area contributed by atoms with Gasteiger partial charge < -0.3 is 4.74 Å². The molecule has 0 amide bonds. The number of alkyl halides is 3. The van der Waals surface area contributed by atoms with E-state index in [0.29, 0.717) is 11.6 Å². The van der Waals surface area contributed by atoms with Crippen LogP contribution in [0.4, 0.5) is 17.6 Å². The van der Waals surface area contributed by atoms with Gasteiger partial charge in [-0.1, -0.05) is 26.5 Å². The molecule has 8 heteroatoms. The fourth-order valence-electron chi connectivity index (χ4n) is 2.54. The number of ether oxygens (including phenoxy) is 1. The van der Waals surface area contributed by atoms with E-state index >= 15 is 0 Å². The minimum atomic E-state index is -4.70. The van der Waals surface area contributed by atoms with Crippen molar-refractivity contribution in [2.24, 2.45) is 11.0 Å². The number of hydrogen-bond acceptors (Lipinski definition) is 4. The van der Waals surface area contributed by atoms with E-state index in [9.17, 15) is 22.4 Å². The lowest BCUT2D eigenvalue weighted by Crippen LogP contribution is -2.19. The van der Waals surface area contributed by atoms with Crippen LogP contribution in [0.1, 0.15) is 52.7 Å². The van der Waals surface area contributed by atoms with Gasteiger partial charge in [0.05, 0.1) is 23.0 Å². The Kier molecular flexibility index (Phi) is 9.21. The first-order chi connectivity index (χ1) is 14.3. The summed E-state index contributed by atoms with van der Waals surface area (Å²) in [5.74, 6) is -1.96. The summed E-state index contributed by atoms with van der Waals surface area (Å²) < 4.78 is 58.6. The molecule has 0 saturated carbocycles. The van der Waals surface area contributed by atoms with Gasteiger partial charge in [0.1, 0.15) is 5.82 Å². The number of benzene rings is 1. The molecule has 0 atom stereocenters. The number of allylic oxidation sites excluding steroid dienone is 1. The molecule has 0 aliphatic carbocycles. The Morgan fingerprint density at radius 2 is 1.81 bits per heavy atom. The molecule has 31 heavy (non-hydrogen) atoms. The van der Waals surface area contributed by atoms with Crippen molar-refractivity contribution >= 4 is 11.7 Å².